The van der Waals surface area contributed by atoms with Crippen molar-refractivity contribution in [2.45, 2.75) is 57.9 Å². The number of unbranched alkanes of at least 4 members (excludes halogenated alkanes) is 1. The zero-order valence-corrected chi connectivity index (χ0v) is 9.18. The normalized spacial score (nSPS) is 21.8. The van der Waals surface area contributed by atoms with Crippen molar-refractivity contribution in [2.24, 2.45) is 11.3 Å². The highest BCUT2D eigenvalue weighted by atomic mass is 15.2. The maximum atomic E-state index is 5.62. The largest absolute Gasteiger partial charge is 0.271 e. The summed E-state index contributed by atoms with van der Waals surface area (Å²) in [4.78, 5) is 0. The van der Waals surface area contributed by atoms with Gasteiger partial charge in [0.2, 0.25) is 0 Å². The summed E-state index contributed by atoms with van der Waals surface area (Å²) in [6, 6.07) is 0.443. The van der Waals surface area contributed by atoms with Crippen LogP contribution in [0.25, 0.3) is 0 Å². The number of terminal acetylenes is 1. The lowest BCUT2D eigenvalue weighted by Gasteiger charge is -2.33. The Labute approximate surface area is 87.6 Å². The SMILES string of the molecule is C#CCCCC(NN)C1(C)CCCC1. The van der Waals surface area contributed by atoms with E-state index in [0.29, 0.717) is 11.5 Å². The highest BCUT2D eigenvalue weighted by Crippen LogP contribution is 2.41. The number of rotatable bonds is 5. The second-order valence-electron chi connectivity index (χ2n) is 4.68. The molecule has 1 rings (SSSR count). The molecule has 0 aliphatic heterocycles. The molecule has 0 aromatic heterocycles. The average Bonchev–Trinajstić information content (AvgIpc) is 2.61. The fourth-order valence-electron chi connectivity index (χ4n) is 2.57. The number of hydrogen-bond donors (Lipinski definition) is 2. The van der Waals surface area contributed by atoms with Crippen LogP contribution in [-0.2, 0) is 0 Å². The van der Waals surface area contributed by atoms with Gasteiger partial charge in [-0.15, -0.1) is 12.3 Å². The van der Waals surface area contributed by atoms with Gasteiger partial charge in [-0.2, -0.15) is 0 Å². The summed E-state index contributed by atoms with van der Waals surface area (Å²) in [5.74, 6) is 8.30. The maximum absolute atomic E-state index is 5.62. The van der Waals surface area contributed by atoms with Crippen molar-refractivity contribution < 1.29 is 0 Å². The summed E-state index contributed by atoms with van der Waals surface area (Å²) in [7, 11) is 0. The van der Waals surface area contributed by atoms with E-state index in [1.54, 1.807) is 0 Å². The molecule has 0 aromatic carbocycles. The highest BCUT2D eigenvalue weighted by Gasteiger charge is 2.35. The molecule has 1 saturated carbocycles. The Bertz CT molecular complexity index is 199. The van der Waals surface area contributed by atoms with Crippen LogP contribution in [0.5, 0.6) is 0 Å². The lowest BCUT2D eigenvalue weighted by atomic mass is 9.79. The fraction of sp³-hybridized carbons (Fsp3) is 0.833. The molecule has 1 aliphatic carbocycles. The van der Waals surface area contributed by atoms with Crippen LogP contribution in [0.2, 0.25) is 0 Å². The fourth-order valence-corrected chi connectivity index (χ4v) is 2.57. The summed E-state index contributed by atoms with van der Waals surface area (Å²) < 4.78 is 0. The van der Waals surface area contributed by atoms with E-state index in [4.69, 9.17) is 12.3 Å². The van der Waals surface area contributed by atoms with Crippen molar-refractivity contribution in [3.8, 4) is 12.3 Å². The molecule has 0 amide bonds. The average molecular weight is 194 g/mol. The maximum Gasteiger partial charge on any atom is 0.0264 e. The van der Waals surface area contributed by atoms with Gasteiger partial charge in [-0.25, -0.2) is 0 Å². The topological polar surface area (TPSA) is 38.0 Å². The molecule has 2 heteroatoms. The highest BCUT2D eigenvalue weighted by molar-refractivity contribution is 4.91. The monoisotopic (exact) mass is 194 g/mol. The Balaban J connectivity index is 2.40. The predicted octanol–water partition coefficient (Wildman–Crippen LogP) is 2.20. The standard InChI is InChI=1S/C12H22N2/c1-3-4-5-8-11(14-13)12(2)9-6-7-10-12/h1,11,14H,4-10,13H2,2H3. The smallest absolute Gasteiger partial charge is 0.0264 e. The van der Waals surface area contributed by atoms with Crippen molar-refractivity contribution in [2.75, 3.05) is 0 Å². The third-order valence-corrected chi connectivity index (χ3v) is 3.60. The summed E-state index contributed by atoms with van der Waals surface area (Å²) in [6.07, 6.45) is 13.6. The number of nitrogens with two attached hydrogens (primary N) is 1. The van der Waals surface area contributed by atoms with Gasteiger partial charge in [0.25, 0.3) is 0 Å². The van der Waals surface area contributed by atoms with E-state index >= 15 is 0 Å². The first-order valence-corrected chi connectivity index (χ1v) is 5.62. The molecular formula is C12H22N2. The Morgan fingerprint density at radius 3 is 2.64 bits per heavy atom. The first-order chi connectivity index (χ1) is 6.73. The van der Waals surface area contributed by atoms with E-state index in [-0.39, 0.29) is 0 Å². The summed E-state index contributed by atoms with van der Waals surface area (Å²) >= 11 is 0. The number of nitrogens with one attached hydrogen (secondary N) is 1. The van der Waals surface area contributed by atoms with E-state index in [1.165, 1.54) is 25.7 Å². The van der Waals surface area contributed by atoms with Crippen LogP contribution in [0.15, 0.2) is 0 Å². The zero-order chi connectivity index (χ0) is 10.4. The minimum atomic E-state index is 0.406. The van der Waals surface area contributed by atoms with E-state index in [0.717, 1.165) is 19.3 Å². The zero-order valence-electron chi connectivity index (χ0n) is 9.18. The van der Waals surface area contributed by atoms with Crippen molar-refractivity contribution in [3.05, 3.63) is 0 Å². The number of hydrazine groups is 1. The lowest BCUT2D eigenvalue weighted by Crippen LogP contribution is -2.45. The van der Waals surface area contributed by atoms with Gasteiger partial charge in [-0.1, -0.05) is 19.8 Å². The van der Waals surface area contributed by atoms with Gasteiger partial charge < -0.3 is 0 Å². The molecule has 0 radical (unpaired) electrons. The Hall–Kier alpha value is -0.520. The van der Waals surface area contributed by atoms with E-state index < -0.39 is 0 Å². The van der Waals surface area contributed by atoms with E-state index in [2.05, 4.69) is 18.3 Å². The van der Waals surface area contributed by atoms with Crippen LogP contribution in [0.1, 0.15) is 51.9 Å². The Morgan fingerprint density at radius 2 is 2.14 bits per heavy atom. The van der Waals surface area contributed by atoms with Crippen LogP contribution in [0.3, 0.4) is 0 Å². The third-order valence-electron chi connectivity index (χ3n) is 3.60. The Kier molecular flexibility index (Phi) is 4.44. The van der Waals surface area contributed by atoms with Gasteiger partial charge in [0.05, 0.1) is 0 Å². The van der Waals surface area contributed by atoms with Crippen LogP contribution < -0.4 is 11.3 Å². The van der Waals surface area contributed by atoms with Gasteiger partial charge in [0.1, 0.15) is 0 Å². The molecule has 0 saturated heterocycles. The van der Waals surface area contributed by atoms with Crippen LogP contribution in [-0.4, -0.2) is 6.04 Å². The lowest BCUT2D eigenvalue weighted by molar-refractivity contribution is 0.209. The predicted molar refractivity (Wildman–Crippen MR) is 60.4 cm³/mol. The third kappa shape index (κ3) is 2.73. The van der Waals surface area contributed by atoms with Gasteiger partial charge in [-0.05, 0) is 31.1 Å². The molecule has 1 aliphatic rings. The first kappa shape index (κ1) is 11.6. The van der Waals surface area contributed by atoms with E-state index in [9.17, 15) is 0 Å². The molecule has 0 heterocycles. The molecule has 1 fully saturated rings. The second-order valence-corrected chi connectivity index (χ2v) is 4.68. The van der Waals surface area contributed by atoms with Crippen molar-refractivity contribution >= 4 is 0 Å². The second kappa shape index (κ2) is 5.38. The molecule has 3 N–H and O–H groups in total. The van der Waals surface area contributed by atoms with Crippen molar-refractivity contribution in [1.29, 1.82) is 0 Å². The van der Waals surface area contributed by atoms with E-state index in [1.807, 2.05) is 0 Å². The Morgan fingerprint density at radius 1 is 1.50 bits per heavy atom. The van der Waals surface area contributed by atoms with Crippen molar-refractivity contribution in [3.63, 3.8) is 0 Å². The molecule has 2 nitrogen and oxygen atoms in total. The summed E-state index contributed by atoms with van der Waals surface area (Å²) in [5, 5.41) is 0. The van der Waals surface area contributed by atoms with Gasteiger partial charge in [0, 0.05) is 12.5 Å². The molecule has 14 heavy (non-hydrogen) atoms. The van der Waals surface area contributed by atoms with Gasteiger partial charge in [-0.3, -0.25) is 11.3 Å². The van der Waals surface area contributed by atoms with Crippen LogP contribution in [0.4, 0.5) is 0 Å². The van der Waals surface area contributed by atoms with Gasteiger partial charge in [0.15, 0.2) is 0 Å². The summed E-state index contributed by atoms with van der Waals surface area (Å²) in [5.41, 5.74) is 3.38. The van der Waals surface area contributed by atoms with Crippen molar-refractivity contribution in [1.82, 2.24) is 5.43 Å². The molecular weight excluding hydrogens is 172 g/mol. The minimum Gasteiger partial charge on any atom is -0.271 e. The van der Waals surface area contributed by atoms with Gasteiger partial charge >= 0.3 is 0 Å². The molecule has 0 bridgehead atoms. The molecule has 80 valence electrons. The minimum absolute atomic E-state index is 0.406. The molecule has 0 aromatic rings. The molecule has 1 unspecified atom stereocenters. The molecule has 1 atom stereocenters. The van der Waals surface area contributed by atoms with Crippen LogP contribution >= 0.6 is 0 Å². The molecule has 0 spiro atoms. The summed E-state index contributed by atoms with van der Waals surface area (Å²) in [6.45, 7) is 2.35. The quantitative estimate of drug-likeness (QED) is 0.305. The first-order valence-electron chi connectivity index (χ1n) is 5.62. The number of hydrogen-bond acceptors (Lipinski definition) is 2. The van der Waals surface area contributed by atoms with Crippen LogP contribution in [0, 0.1) is 17.8 Å².